The second kappa shape index (κ2) is 6.00. The first kappa shape index (κ1) is 13.1. The maximum absolute atomic E-state index is 11.3. The molecule has 0 N–H and O–H groups in total. The van der Waals surface area contributed by atoms with Crippen molar-refractivity contribution in [2.24, 2.45) is 0 Å². The normalized spacial score (nSPS) is 10.2. The highest BCUT2D eigenvalue weighted by atomic mass is 16.5. The molecule has 0 aliphatic heterocycles. The van der Waals surface area contributed by atoms with Crippen molar-refractivity contribution in [2.45, 2.75) is 12.8 Å². The third-order valence-corrected chi connectivity index (χ3v) is 2.85. The number of hydrogen-bond donors (Lipinski definition) is 0. The van der Waals surface area contributed by atoms with E-state index in [1.807, 2.05) is 36.4 Å². The highest BCUT2D eigenvalue weighted by Gasteiger charge is 2.18. The molecule has 4 nitrogen and oxygen atoms in total. The molecule has 0 bridgehead atoms. The van der Waals surface area contributed by atoms with Gasteiger partial charge in [0.15, 0.2) is 6.29 Å². The maximum Gasteiger partial charge on any atom is 0.227 e. The number of nitrogens with zero attached hydrogens (tertiary/aromatic N) is 2. The average Bonchev–Trinajstić information content (AvgIpc) is 2.83. The molecule has 0 amide bonds. The number of hydrogen-bond acceptors (Lipinski definition) is 3. The van der Waals surface area contributed by atoms with Crippen LogP contribution in [0.5, 0.6) is 5.88 Å². The Bertz CT molecular complexity index is 573. The number of carbonyl (C=O) groups is 1. The summed E-state index contributed by atoms with van der Waals surface area (Å²) >= 11 is 0. The van der Waals surface area contributed by atoms with E-state index in [1.54, 1.807) is 11.8 Å². The molecule has 98 valence electrons. The summed E-state index contributed by atoms with van der Waals surface area (Å²) in [5.41, 5.74) is 2.11. The third kappa shape index (κ3) is 2.57. The molecule has 0 saturated heterocycles. The molecule has 1 aromatic carbocycles. The summed E-state index contributed by atoms with van der Waals surface area (Å²) in [6, 6.07) is 9.60. The van der Waals surface area contributed by atoms with Gasteiger partial charge in [-0.15, -0.1) is 6.58 Å². The lowest BCUT2D eigenvalue weighted by Crippen LogP contribution is -2.00. The molecule has 0 fully saturated rings. The largest absolute Gasteiger partial charge is 0.480 e. The Hall–Kier alpha value is -2.36. The number of methoxy groups -OCH3 is 1. The number of aldehydes is 1. The number of para-hydroxylation sites is 1. The molecular weight excluding hydrogens is 240 g/mol. The molecule has 0 radical (unpaired) electrons. The first-order valence-electron chi connectivity index (χ1n) is 6.09. The molecule has 0 spiro atoms. The number of aromatic nitrogens is 2. The van der Waals surface area contributed by atoms with Crippen molar-refractivity contribution < 1.29 is 9.53 Å². The van der Waals surface area contributed by atoms with Gasteiger partial charge in [0.05, 0.1) is 24.1 Å². The smallest absolute Gasteiger partial charge is 0.227 e. The van der Waals surface area contributed by atoms with E-state index in [-0.39, 0.29) is 0 Å². The van der Waals surface area contributed by atoms with Gasteiger partial charge in [0.25, 0.3) is 0 Å². The van der Waals surface area contributed by atoms with Crippen LogP contribution in [0.4, 0.5) is 0 Å². The molecule has 0 unspecified atom stereocenters. The first-order valence-corrected chi connectivity index (χ1v) is 6.09. The fourth-order valence-corrected chi connectivity index (χ4v) is 1.94. The van der Waals surface area contributed by atoms with Crippen LogP contribution in [0, 0.1) is 0 Å². The Labute approximate surface area is 112 Å². The Morgan fingerprint density at radius 1 is 1.37 bits per heavy atom. The Morgan fingerprint density at radius 2 is 2.11 bits per heavy atom. The highest BCUT2D eigenvalue weighted by molar-refractivity contribution is 5.80. The fraction of sp³-hybridized carbons (Fsp3) is 0.200. The van der Waals surface area contributed by atoms with E-state index >= 15 is 0 Å². The summed E-state index contributed by atoms with van der Waals surface area (Å²) in [6.45, 7) is 3.68. The number of ether oxygens (including phenoxy) is 1. The minimum atomic E-state index is 0.472. The molecule has 0 aliphatic rings. The van der Waals surface area contributed by atoms with Crippen molar-refractivity contribution in [3.63, 3.8) is 0 Å². The number of benzene rings is 1. The van der Waals surface area contributed by atoms with Gasteiger partial charge in [-0.1, -0.05) is 24.3 Å². The van der Waals surface area contributed by atoms with Crippen molar-refractivity contribution in [3.05, 3.63) is 54.2 Å². The van der Waals surface area contributed by atoms with Gasteiger partial charge in [-0.3, -0.25) is 4.79 Å². The van der Waals surface area contributed by atoms with Crippen LogP contribution in [-0.4, -0.2) is 23.2 Å². The molecule has 2 aromatic rings. The summed E-state index contributed by atoms with van der Waals surface area (Å²) < 4.78 is 6.98. The van der Waals surface area contributed by atoms with Crippen molar-refractivity contribution in [1.82, 2.24) is 9.78 Å². The molecule has 0 aliphatic carbocycles. The zero-order valence-electron chi connectivity index (χ0n) is 10.9. The molecule has 19 heavy (non-hydrogen) atoms. The van der Waals surface area contributed by atoms with E-state index in [4.69, 9.17) is 4.74 Å². The van der Waals surface area contributed by atoms with E-state index in [1.165, 1.54) is 0 Å². The molecular formula is C15H16N2O2. The van der Waals surface area contributed by atoms with Crippen molar-refractivity contribution in [3.8, 4) is 11.6 Å². The van der Waals surface area contributed by atoms with E-state index in [0.29, 0.717) is 17.9 Å². The predicted octanol–water partition coefficient (Wildman–Crippen LogP) is 2.81. The minimum Gasteiger partial charge on any atom is -0.480 e. The zero-order chi connectivity index (χ0) is 13.7. The quantitative estimate of drug-likeness (QED) is 0.589. The number of rotatable bonds is 6. The van der Waals surface area contributed by atoms with Crippen LogP contribution in [0.15, 0.2) is 43.0 Å². The van der Waals surface area contributed by atoms with Gasteiger partial charge in [0.1, 0.15) is 0 Å². The van der Waals surface area contributed by atoms with E-state index in [0.717, 1.165) is 24.1 Å². The van der Waals surface area contributed by atoms with E-state index in [9.17, 15) is 4.79 Å². The van der Waals surface area contributed by atoms with Gasteiger partial charge in [-0.2, -0.15) is 5.10 Å². The maximum atomic E-state index is 11.3. The third-order valence-electron chi connectivity index (χ3n) is 2.85. The van der Waals surface area contributed by atoms with E-state index in [2.05, 4.69) is 11.7 Å². The Kier molecular flexibility index (Phi) is 4.13. The average molecular weight is 256 g/mol. The first-order chi connectivity index (χ1) is 9.31. The van der Waals surface area contributed by atoms with Gasteiger partial charge in [0.2, 0.25) is 5.88 Å². The van der Waals surface area contributed by atoms with E-state index < -0.39 is 0 Å². The van der Waals surface area contributed by atoms with Gasteiger partial charge in [0, 0.05) is 0 Å². The summed E-state index contributed by atoms with van der Waals surface area (Å²) in [5.74, 6) is 0.472. The summed E-state index contributed by atoms with van der Waals surface area (Å²) in [5, 5.41) is 4.47. The SMILES string of the molecule is C=CCCc1nn(-c2ccccc2)c(OC)c1C=O. The number of aryl methyl sites for hydroxylation is 1. The van der Waals surface area contributed by atoms with Gasteiger partial charge in [-0.05, 0) is 25.0 Å². The van der Waals surface area contributed by atoms with Crippen LogP contribution in [0.1, 0.15) is 22.5 Å². The Balaban J connectivity index is 2.51. The highest BCUT2D eigenvalue weighted by Crippen LogP contribution is 2.25. The lowest BCUT2D eigenvalue weighted by atomic mass is 10.1. The molecule has 1 heterocycles. The summed E-state index contributed by atoms with van der Waals surface area (Å²) in [4.78, 5) is 11.3. The molecule has 4 heteroatoms. The van der Waals surface area contributed by atoms with Gasteiger partial charge < -0.3 is 4.74 Å². The van der Waals surface area contributed by atoms with Crippen molar-refractivity contribution in [2.75, 3.05) is 7.11 Å². The zero-order valence-corrected chi connectivity index (χ0v) is 10.9. The van der Waals surface area contributed by atoms with Crippen LogP contribution in [-0.2, 0) is 6.42 Å². The molecule has 0 saturated carbocycles. The second-order valence-corrected chi connectivity index (χ2v) is 4.06. The van der Waals surface area contributed by atoms with Crippen LogP contribution in [0.25, 0.3) is 5.69 Å². The number of allylic oxidation sites excluding steroid dienone is 1. The van der Waals surface area contributed by atoms with Crippen LogP contribution >= 0.6 is 0 Å². The fourth-order valence-electron chi connectivity index (χ4n) is 1.94. The monoisotopic (exact) mass is 256 g/mol. The second-order valence-electron chi connectivity index (χ2n) is 4.06. The summed E-state index contributed by atoms with van der Waals surface area (Å²) in [7, 11) is 1.54. The predicted molar refractivity (Wildman–Crippen MR) is 74.0 cm³/mol. The molecule has 2 rings (SSSR count). The lowest BCUT2D eigenvalue weighted by Gasteiger charge is -2.05. The standard InChI is InChI=1S/C15H16N2O2/c1-3-4-10-14-13(11-18)15(19-2)17(16-14)12-8-6-5-7-9-12/h3,5-9,11H,1,4,10H2,2H3. The van der Waals surface area contributed by atoms with Crippen LogP contribution < -0.4 is 4.74 Å². The van der Waals surface area contributed by atoms with Crippen LogP contribution in [0.2, 0.25) is 0 Å². The van der Waals surface area contributed by atoms with Gasteiger partial charge >= 0.3 is 0 Å². The number of carbonyl (C=O) groups excluding carboxylic acids is 1. The minimum absolute atomic E-state index is 0.472. The van der Waals surface area contributed by atoms with Crippen LogP contribution in [0.3, 0.4) is 0 Å². The molecule has 1 aromatic heterocycles. The van der Waals surface area contributed by atoms with Gasteiger partial charge in [-0.25, -0.2) is 4.68 Å². The van der Waals surface area contributed by atoms with Crippen molar-refractivity contribution in [1.29, 1.82) is 0 Å². The summed E-state index contributed by atoms with van der Waals surface area (Å²) in [6.07, 6.45) is 4.05. The molecule has 0 atom stereocenters. The lowest BCUT2D eigenvalue weighted by molar-refractivity contribution is 0.111. The van der Waals surface area contributed by atoms with Crippen molar-refractivity contribution >= 4 is 6.29 Å². The topological polar surface area (TPSA) is 44.1 Å². The Morgan fingerprint density at radius 3 is 2.68 bits per heavy atom.